The summed E-state index contributed by atoms with van der Waals surface area (Å²) in [5, 5.41) is 4.89. The van der Waals surface area contributed by atoms with E-state index in [1.807, 2.05) is 67.7 Å². The minimum atomic E-state index is -3.15. The van der Waals surface area contributed by atoms with Crippen LogP contribution in [0, 0.1) is 12.8 Å². The predicted molar refractivity (Wildman–Crippen MR) is 161 cm³/mol. The standard InChI is InChI=1S/C29H31N3O4S3/c1-19(2)11-13-36-25-10-9-21(15-20(25)3)27-22(17-31(30-27)23-7-5-4-6-8-23)16-26-28(33)32(29(37)38-26)24-12-14-39(34,35)18-24/h4-10,15-17,19,24H,11-14,18H2,1-3H3/b26-16-. The van der Waals surface area contributed by atoms with Crippen molar-refractivity contribution >= 4 is 50.1 Å². The first kappa shape index (κ1) is 27.6. The normalized spacial score (nSPS) is 19.9. The number of thioether (sulfide) groups is 1. The molecule has 0 N–H and O–H groups in total. The number of carbonyl (C=O) groups is 1. The van der Waals surface area contributed by atoms with Crippen LogP contribution in [0.25, 0.3) is 23.0 Å². The molecule has 0 bridgehead atoms. The number of hydrogen-bond acceptors (Lipinski definition) is 7. The molecular formula is C29H31N3O4S3. The highest BCUT2D eigenvalue weighted by Crippen LogP contribution is 2.38. The summed E-state index contributed by atoms with van der Waals surface area (Å²) in [6.07, 6.45) is 5.11. The van der Waals surface area contributed by atoms with Gasteiger partial charge in [-0.3, -0.25) is 9.69 Å². The number of rotatable bonds is 8. The molecule has 204 valence electrons. The van der Waals surface area contributed by atoms with E-state index in [2.05, 4.69) is 13.8 Å². The Bertz CT molecular complexity index is 1540. The fourth-order valence-corrected chi connectivity index (χ4v) is 7.80. The fourth-order valence-electron chi connectivity index (χ4n) is 4.71. The minimum Gasteiger partial charge on any atom is -0.493 e. The molecule has 1 unspecified atom stereocenters. The summed E-state index contributed by atoms with van der Waals surface area (Å²) >= 11 is 6.72. The molecule has 2 aliphatic heterocycles. The number of aryl methyl sites for hydroxylation is 1. The average molecular weight is 582 g/mol. The van der Waals surface area contributed by atoms with Gasteiger partial charge in [0.05, 0.1) is 34.7 Å². The van der Waals surface area contributed by atoms with Gasteiger partial charge in [0.25, 0.3) is 5.91 Å². The molecule has 3 aromatic rings. The van der Waals surface area contributed by atoms with E-state index in [1.165, 1.54) is 16.7 Å². The predicted octanol–water partition coefficient (Wildman–Crippen LogP) is 5.66. The molecule has 5 rings (SSSR count). The zero-order valence-electron chi connectivity index (χ0n) is 22.2. The fraction of sp³-hybridized carbons (Fsp3) is 0.345. The number of para-hydroxylation sites is 1. The number of thiocarbonyl (C=S) groups is 1. The molecule has 2 fully saturated rings. The van der Waals surface area contributed by atoms with E-state index in [4.69, 9.17) is 22.1 Å². The van der Waals surface area contributed by atoms with E-state index in [1.54, 1.807) is 4.68 Å². The number of benzene rings is 2. The van der Waals surface area contributed by atoms with Gasteiger partial charge in [-0.25, -0.2) is 13.1 Å². The number of aromatic nitrogens is 2. The molecule has 2 aliphatic rings. The Labute approximate surface area is 239 Å². The Morgan fingerprint density at radius 1 is 1.21 bits per heavy atom. The van der Waals surface area contributed by atoms with E-state index in [0.717, 1.165) is 40.2 Å². The van der Waals surface area contributed by atoms with Crippen molar-refractivity contribution in [2.75, 3.05) is 18.1 Å². The molecule has 7 nitrogen and oxygen atoms in total. The third-order valence-electron chi connectivity index (χ3n) is 6.85. The smallest absolute Gasteiger partial charge is 0.266 e. The Kier molecular flexibility index (Phi) is 7.98. The average Bonchev–Trinajstić information content (AvgIpc) is 3.55. The molecule has 3 heterocycles. The molecule has 2 saturated heterocycles. The van der Waals surface area contributed by atoms with Crippen LogP contribution in [0.3, 0.4) is 0 Å². The number of ether oxygens (including phenoxy) is 1. The van der Waals surface area contributed by atoms with Gasteiger partial charge in [-0.1, -0.05) is 56.0 Å². The SMILES string of the molecule is Cc1cc(-c2nn(-c3ccccc3)cc2/C=C2\SC(=S)N(C3CCS(=O)(=O)C3)C2=O)ccc1OCCC(C)C. The Morgan fingerprint density at radius 3 is 2.64 bits per heavy atom. The van der Waals surface area contributed by atoms with Gasteiger partial charge in [-0.2, -0.15) is 5.10 Å². The highest BCUT2D eigenvalue weighted by molar-refractivity contribution is 8.26. The third-order valence-corrected chi connectivity index (χ3v) is 9.93. The molecule has 39 heavy (non-hydrogen) atoms. The number of nitrogens with zero attached hydrogens (tertiary/aromatic N) is 3. The lowest BCUT2D eigenvalue weighted by Crippen LogP contribution is -2.39. The van der Waals surface area contributed by atoms with Crippen LogP contribution in [-0.2, 0) is 14.6 Å². The Hall–Kier alpha value is -2.95. The number of carbonyl (C=O) groups excluding carboxylic acids is 1. The number of hydrogen-bond donors (Lipinski definition) is 0. The van der Waals surface area contributed by atoms with E-state index in [-0.39, 0.29) is 17.4 Å². The lowest BCUT2D eigenvalue weighted by molar-refractivity contribution is -0.123. The van der Waals surface area contributed by atoms with E-state index in [9.17, 15) is 13.2 Å². The summed E-state index contributed by atoms with van der Waals surface area (Å²) in [5.74, 6) is 1.19. The van der Waals surface area contributed by atoms with Crippen LogP contribution in [0.1, 0.15) is 37.8 Å². The van der Waals surface area contributed by atoms with E-state index >= 15 is 0 Å². The molecule has 1 aromatic heterocycles. The first-order valence-corrected chi connectivity index (χ1v) is 16.0. The Morgan fingerprint density at radius 2 is 1.97 bits per heavy atom. The van der Waals surface area contributed by atoms with Crippen LogP contribution in [0.5, 0.6) is 5.75 Å². The molecule has 0 saturated carbocycles. The second-order valence-electron chi connectivity index (χ2n) is 10.3. The lowest BCUT2D eigenvalue weighted by atomic mass is 10.0. The lowest BCUT2D eigenvalue weighted by Gasteiger charge is -2.20. The zero-order chi connectivity index (χ0) is 27.7. The van der Waals surface area contributed by atoms with Crippen LogP contribution in [-0.4, -0.2) is 57.5 Å². The molecule has 0 spiro atoms. The second kappa shape index (κ2) is 11.3. The van der Waals surface area contributed by atoms with Crippen molar-refractivity contribution in [1.82, 2.24) is 14.7 Å². The van der Waals surface area contributed by atoms with Gasteiger partial charge in [-0.05, 0) is 67.7 Å². The first-order valence-electron chi connectivity index (χ1n) is 13.0. The van der Waals surface area contributed by atoms with Crippen molar-refractivity contribution in [2.24, 2.45) is 5.92 Å². The van der Waals surface area contributed by atoms with Crippen molar-refractivity contribution in [3.8, 4) is 22.7 Å². The van der Waals surface area contributed by atoms with Gasteiger partial charge in [0, 0.05) is 17.3 Å². The van der Waals surface area contributed by atoms with Crippen LogP contribution in [0.4, 0.5) is 0 Å². The highest BCUT2D eigenvalue weighted by Gasteiger charge is 2.42. The van der Waals surface area contributed by atoms with E-state index in [0.29, 0.717) is 28.2 Å². The molecule has 10 heteroatoms. The van der Waals surface area contributed by atoms with Crippen LogP contribution in [0.15, 0.2) is 59.6 Å². The molecule has 0 aliphatic carbocycles. The van der Waals surface area contributed by atoms with Gasteiger partial charge in [0.2, 0.25) is 0 Å². The summed E-state index contributed by atoms with van der Waals surface area (Å²) in [6, 6.07) is 15.4. The molecule has 1 atom stereocenters. The maximum atomic E-state index is 13.4. The summed E-state index contributed by atoms with van der Waals surface area (Å²) in [7, 11) is -3.15. The van der Waals surface area contributed by atoms with Gasteiger partial charge in [0.15, 0.2) is 9.84 Å². The molecule has 1 amide bonds. The maximum absolute atomic E-state index is 13.4. The highest BCUT2D eigenvalue weighted by atomic mass is 32.2. The topological polar surface area (TPSA) is 81.5 Å². The summed E-state index contributed by atoms with van der Waals surface area (Å²) in [4.78, 5) is 15.3. The Balaban J connectivity index is 1.49. The van der Waals surface area contributed by atoms with E-state index < -0.39 is 15.9 Å². The minimum absolute atomic E-state index is 0.0469. The van der Waals surface area contributed by atoms with Crippen molar-refractivity contribution in [1.29, 1.82) is 0 Å². The molecular weight excluding hydrogens is 551 g/mol. The summed E-state index contributed by atoms with van der Waals surface area (Å²) in [5.41, 5.74) is 4.30. The molecule has 0 radical (unpaired) electrons. The second-order valence-corrected chi connectivity index (χ2v) is 14.2. The van der Waals surface area contributed by atoms with Gasteiger partial charge in [0.1, 0.15) is 15.8 Å². The van der Waals surface area contributed by atoms with Crippen molar-refractivity contribution in [2.45, 2.75) is 39.7 Å². The quantitative estimate of drug-likeness (QED) is 0.251. The number of sulfone groups is 1. The van der Waals surface area contributed by atoms with Gasteiger partial charge >= 0.3 is 0 Å². The monoisotopic (exact) mass is 581 g/mol. The van der Waals surface area contributed by atoms with Crippen LogP contribution < -0.4 is 4.74 Å². The first-order chi connectivity index (χ1) is 18.6. The maximum Gasteiger partial charge on any atom is 0.266 e. The number of amides is 1. The third kappa shape index (κ3) is 6.13. The van der Waals surface area contributed by atoms with Gasteiger partial charge in [-0.15, -0.1) is 0 Å². The van der Waals surface area contributed by atoms with Crippen LogP contribution in [0.2, 0.25) is 0 Å². The van der Waals surface area contributed by atoms with Crippen molar-refractivity contribution in [3.05, 3.63) is 70.8 Å². The summed E-state index contributed by atoms with van der Waals surface area (Å²) < 4.78 is 32.3. The van der Waals surface area contributed by atoms with Crippen LogP contribution >= 0.6 is 24.0 Å². The largest absolute Gasteiger partial charge is 0.493 e. The van der Waals surface area contributed by atoms with Crippen molar-refractivity contribution in [3.63, 3.8) is 0 Å². The summed E-state index contributed by atoms with van der Waals surface area (Å²) in [6.45, 7) is 7.03. The van der Waals surface area contributed by atoms with Crippen molar-refractivity contribution < 1.29 is 17.9 Å². The molecule has 2 aromatic carbocycles. The zero-order valence-corrected chi connectivity index (χ0v) is 24.6. The van der Waals surface area contributed by atoms with Gasteiger partial charge < -0.3 is 4.74 Å².